The fourth-order valence-electron chi connectivity index (χ4n) is 1.61. The molecule has 0 saturated carbocycles. The fourth-order valence-corrected chi connectivity index (χ4v) is 2.55. The van der Waals surface area contributed by atoms with Gasteiger partial charge in [0.25, 0.3) is 0 Å². The van der Waals surface area contributed by atoms with Crippen molar-refractivity contribution in [2.45, 2.75) is 23.9 Å². The van der Waals surface area contributed by atoms with Crippen LogP contribution in [0.15, 0.2) is 28.3 Å². The molecule has 2 aromatic rings. The molecule has 2 rings (SSSR count). The maximum Gasteiger partial charge on any atom is 0.337 e. The van der Waals surface area contributed by atoms with Crippen LogP contribution < -0.4 is 0 Å². The Morgan fingerprint density at radius 2 is 2.11 bits per heavy atom. The van der Waals surface area contributed by atoms with E-state index in [1.165, 1.54) is 11.8 Å². The summed E-state index contributed by atoms with van der Waals surface area (Å²) in [4.78, 5) is 15.2. The van der Waals surface area contributed by atoms with Gasteiger partial charge in [0, 0.05) is 7.05 Å². The molecule has 94 valence electrons. The highest BCUT2D eigenvalue weighted by molar-refractivity contribution is 7.99. The molecule has 18 heavy (non-hydrogen) atoms. The van der Waals surface area contributed by atoms with Crippen molar-refractivity contribution in [3.8, 4) is 0 Å². The molecule has 6 heteroatoms. The van der Waals surface area contributed by atoms with E-state index in [0.717, 1.165) is 15.7 Å². The van der Waals surface area contributed by atoms with Crippen LogP contribution in [0.1, 0.15) is 21.7 Å². The number of aromatic carboxylic acids is 1. The van der Waals surface area contributed by atoms with E-state index in [1.54, 1.807) is 23.7 Å². The van der Waals surface area contributed by atoms with E-state index in [-0.39, 0.29) is 5.56 Å². The lowest BCUT2D eigenvalue weighted by Gasteiger charge is -2.04. The predicted octanol–water partition coefficient (Wildman–Crippen LogP) is 2.28. The van der Waals surface area contributed by atoms with Crippen molar-refractivity contribution in [1.29, 1.82) is 0 Å². The van der Waals surface area contributed by atoms with Gasteiger partial charge in [0.15, 0.2) is 0 Å². The van der Waals surface area contributed by atoms with Crippen LogP contribution in [0, 0.1) is 13.8 Å². The van der Waals surface area contributed by atoms with Crippen LogP contribution in [0.25, 0.3) is 0 Å². The van der Waals surface area contributed by atoms with Crippen LogP contribution in [0.4, 0.5) is 0 Å². The molecule has 5 nitrogen and oxygen atoms in total. The summed E-state index contributed by atoms with van der Waals surface area (Å²) in [6.07, 6.45) is 0. The Morgan fingerprint density at radius 1 is 1.39 bits per heavy atom. The number of carbonyl (C=O) groups is 1. The first-order chi connectivity index (χ1) is 8.47. The Kier molecular flexibility index (Phi) is 3.38. The molecule has 0 atom stereocenters. The van der Waals surface area contributed by atoms with Gasteiger partial charge in [-0.05, 0) is 32.0 Å². The number of nitrogens with zero attached hydrogens (tertiary/aromatic N) is 3. The van der Waals surface area contributed by atoms with Crippen molar-refractivity contribution in [3.63, 3.8) is 0 Å². The topological polar surface area (TPSA) is 68.0 Å². The highest BCUT2D eigenvalue weighted by atomic mass is 32.2. The number of carboxylic acid groups (broad SMARTS) is 1. The Bertz CT molecular complexity index is 607. The van der Waals surface area contributed by atoms with Crippen LogP contribution in [-0.2, 0) is 7.05 Å². The minimum Gasteiger partial charge on any atom is -0.478 e. The van der Waals surface area contributed by atoms with Crippen molar-refractivity contribution in [2.24, 2.45) is 7.05 Å². The second-order valence-electron chi connectivity index (χ2n) is 3.94. The van der Waals surface area contributed by atoms with Gasteiger partial charge in [0.2, 0.25) is 0 Å². The molecule has 0 radical (unpaired) electrons. The minimum atomic E-state index is -0.951. The van der Waals surface area contributed by atoms with Gasteiger partial charge in [-0.1, -0.05) is 11.8 Å². The fraction of sp³-hybridized carbons (Fsp3) is 0.250. The molecule has 0 unspecified atom stereocenters. The molecule has 0 aliphatic carbocycles. The molecule has 0 aromatic carbocycles. The molecule has 0 aliphatic heterocycles. The maximum atomic E-state index is 10.9. The largest absolute Gasteiger partial charge is 0.478 e. The third-order valence-electron chi connectivity index (χ3n) is 2.46. The molecule has 0 aliphatic rings. The summed E-state index contributed by atoms with van der Waals surface area (Å²) >= 11 is 1.47. The second-order valence-corrected chi connectivity index (χ2v) is 4.98. The number of carboxylic acids is 1. The van der Waals surface area contributed by atoms with Crippen LogP contribution in [-0.4, -0.2) is 25.8 Å². The predicted molar refractivity (Wildman–Crippen MR) is 68.0 cm³/mol. The summed E-state index contributed by atoms with van der Waals surface area (Å²) in [6, 6.07) is 5.26. The molecule has 1 N–H and O–H groups in total. The zero-order valence-electron chi connectivity index (χ0n) is 10.3. The van der Waals surface area contributed by atoms with Crippen molar-refractivity contribution in [1.82, 2.24) is 14.8 Å². The molecule has 2 aromatic heterocycles. The maximum absolute atomic E-state index is 10.9. The zero-order valence-corrected chi connectivity index (χ0v) is 11.2. The highest BCUT2D eigenvalue weighted by Crippen LogP contribution is 2.26. The van der Waals surface area contributed by atoms with Crippen molar-refractivity contribution < 1.29 is 9.90 Å². The Hall–Kier alpha value is -1.82. The number of hydrogen-bond acceptors (Lipinski definition) is 4. The number of aryl methyl sites for hydroxylation is 3. The molecule has 0 amide bonds. The van der Waals surface area contributed by atoms with Gasteiger partial charge >= 0.3 is 5.97 Å². The van der Waals surface area contributed by atoms with E-state index in [1.807, 2.05) is 20.0 Å². The molecule has 0 bridgehead atoms. The lowest BCUT2D eigenvalue weighted by Crippen LogP contribution is -2.02. The van der Waals surface area contributed by atoms with Gasteiger partial charge in [0.1, 0.15) is 10.1 Å². The molecule has 0 fully saturated rings. The SMILES string of the molecule is Cc1cc(Sc2ccc(C(=O)O)c(C)n2)n(C)n1. The standard InChI is InChI=1S/C12H13N3O2S/c1-7-6-11(15(3)14-7)18-10-5-4-9(12(16)17)8(2)13-10/h4-6H,1-3H3,(H,16,17). The number of pyridine rings is 1. The second kappa shape index (κ2) is 4.81. The first-order valence-electron chi connectivity index (χ1n) is 5.37. The first-order valence-corrected chi connectivity index (χ1v) is 6.18. The number of rotatable bonds is 3. The van der Waals surface area contributed by atoms with Crippen LogP contribution >= 0.6 is 11.8 Å². The zero-order chi connectivity index (χ0) is 13.3. The summed E-state index contributed by atoms with van der Waals surface area (Å²) in [5.74, 6) is -0.951. The number of hydrogen-bond donors (Lipinski definition) is 1. The monoisotopic (exact) mass is 263 g/mol. The summed E-state index contributed by atoms with van der Waals surface area (Å²) in [5, 5.41) is 14.9. The Labute approximate surface area is 109 Å². The van der Waals surface area contributed by atoms with Gasteiger partial charge in [-0.3, -0.25) is 4.68 Å². The number of aromatic nitrogens is 3. The van der Waals surface area contributed by atoms with Crippen molar-refractivity contribution in [2.75, 3.05) is 0 Å². The molecule has 0 saturated heterocycles. The summed E-state index contributed by atoms with van der Waals surface area (Å²) in [6.45, 7) is 3.62. The summed E-state index contributed by atoms with van der Waals surface area (Å²) < 4.78 is 1.78. The Balaban J connectivity index is 2.28. The lowest BCUT2D eigenvalue weighted by atomic mass is 10.2. The van der Waals surface area contributed by atoms with Crippen LogP contribution in [0.5, 0.6) is 0 Å². The van der Waals surface area contributed by atoms with Crippen LogP contribution in [0.2, 0.25) is 0 Å². The molecule has 0 spiro atoms. The van der Waals surface area contributed by atoms with E-state index < -0.39 is 5.97 Å². The molecule has 2 heterocycles. The van der Waals surface area contributed by atoms with Gasteiger partial charge in [-0.2, -0.15) is 5.10 Å². The van der Waals surface area contributed by atoms with Crippen molar-refractivity contribution >= 4 is 17.7 Å². The minimum absolute atomic E-state index is 0.237. The first kappa shape index (κ1) is 12.6. The summed E-state index contributed by atoms with van der Waals surface area (Å²) in [7, 11) is 1.87. The van der Waals surface area contributed by atoms with E-state index in [9.17, 15) is 4.79 Å². The summed E-state index contributed by atoms with van der Waals surface area (Å²) in [5.41, 5.74) is 1.70. The average molecular weight is 263 g/mol. The van der Waals surface area contributed by atoms with Crippen LogP contribution in [0.3, 0.4) is 0 Å². The lowest BCUT2D eigenvalue weighted by molar-refractivity contribution is 0.0695. The van der Waals surface area contributed by atoms with Crippen molar-refractivity contribution in [3.05, 3.63) is 35.2 Å². The van der Waals surface area contributed by atoms with E-state index in [2.05, 4.69) is 10.1 Å². The molecular formula is C12H13N3O2S. The third-order valence-corrected chi connectivity index (χ3v) is 3.49. The van der Waals surface area contributed by atoms with Gasteiger partial charge in [0.05, 0.1) is 17.0 Å². The van der Waals surface area contributed by atoms with Gasteiger partial charge in [-0.15, -0.1) is 0 Å². The van der Waals surface area contributed by atoms with Gasteiger partial charge in [-0.25, -0.2) is 9.78 Å². The van der Waals surface area contributed by atoms with Gasteiger partial charge < -0.3 is 5.11 Å². The smallest absolute Gasteiger partial charge is 0.337 e. The normalized spacial score (nSPS) is 10.6. The van der Waals surface area contributed by atoms with E-state index >= 15 is 0 Å². The Morgan fingerprint density at radius 3 is 2.61 bits per heavy atom. The average Bonchev–Trinajstić information content (AvgIpc) is 2.57. The highest BCUT2D eigenvalue weighted by Gasteiger charge is 2.10. The molecular weight excluding hydrogens is 250 g/mol. The quantitative estimate of drug-likeness (QED) is 0.920. The van der Waals surface area contributed by atoms with E-state index in [0.29, 0.717) is 5.69 Å². The third kappa shape index (κ3) is 2.53. The van der Waals surface area contributed by atoms with E-state index in [4.69, 9.17) is 5.11 Å².